The van der Waals surface area contributed by atoms with Crippen LogP contribution in [0.3, 0.4) is 0 Å². The van der Waals surface area contributed by atoms with E-state index in [0.29, 0.717) is 22.4 Å². The molecule has 0 unspecified atom stereocenters. The quantitative estimate of drug-likeness (QED) is 0.799. The molecule has 0 aliphatic heterocycles. The summed E-state index contributed by atoms with van der Waals surface area (Å²) in [4.78, 5) is 11.8. The Morgan fingerprint density at radius 1 is 1.29 bits per heavy atom. The Morgan fingerprint density at radius 3 is 2.71 bits per heavy atom. The predicted octanol–water partition coefficient (Wildman–Crippen LogP) is 4.13. The summed E-state index contributed by atoms with van der Waals surface area (Å²) in [6, 6.07) is 7.59. The largest absolute Gasteiger partial charge is 0.298 e. The predicted molar refractivity (Wildman–Crippen MR) is 74.9 cm³/mol. The highest BCUT2D eigenvalue weighted by Gasteiger charge is 2.17. The van der Waals surface area contributed by atoms with Gasteiger partial charge in [0.1, 0.15) is 5.78 Å². The van der Waals surface area contributed by atoms with Crippen LogP contribution in [0.2, 0.25) is 5.02 Å². The van der Waals surface area contributed by atoms with Crippen LogP contribution in [-0.2, 0) is 11.2 Å². The molecule has 0 atom stereocenters. The van der Waals surface area contributed by atoms with Crippen LogP contribution in [0.25, 0.3) is 0 Å². The van der Waals surface area contributed by atoms with Gasteiger partial charge in [-0.2, -0.15) is 11.8 Å². The van der Waals surface area contributed by atoms with Gasteiger partial charge in [0.15, 0.2) is 0 Å². The number of hydrogen-bond acceptors (Lipinski definition) is 2. The molecule has 0 N–H and O–H groups in total. The van der Waals surface area contributed by atoms with Gasteiger partial charge in [-0.3, -0.25) is 4.79 Å². The molecule has 0 saturated heterocycles. The van der Waals surface area contributed by atoms with Gasteiger partial charge >= 0.3 is 0 Å². The van der Waals surface area contributed by atoms with Crippen molar-refractivity contribution < 1.29 is 4.79 Å². The fourth-order valence-corrected chi connectivity index (χ4v) is 3.56. The number of rotatable bonds is 5. The number of carbonyl (C=O) groups excluding carboxylic acids is 1. The summed E-state index contributed by atoms with van der Waals surface area (Å²) >= 11 is 7.86. The molecule has 1 nitrogen and oxygen atoms in total. The number of carbonyl (C=O) groups is 1. The van der Waals surface area contributed by atoms with Gasteiger partial charge in [0.05, 0.1) is 5.75 Å². The second kappa shape index (κ2) is 6.46. The third-order valence-electron chi connectivity index (χ3n) is 3.13. The minimum absolute atomic E-state index is 0.287. The van der Waals surface area contributed by atoms with E-state index in [1.165, 1.54) is 25.7 Å². The summed E-state index contributed by atoms with van der Waals surface area (Å²) < 4.78 is 0. The zero-order valence-corrected chi connectivity index (χ0v) is 11.4. The fourth-order valence-electron chi connectivity index (χ4n) is 2.17. The third-order valence-corrected chi connectivity index (χ3v) is 4.93. The van der Waals surface area contributed by atoms with Crippen molar-refractivity contribution in [2.45, 2.75) is 37.4 Å². The zero-order valence-electron chi connectivity index (χ0n) is 9.82. The van der Waals surface area contributed by atoms with E-state index >= 15 is 0 Å². The molecule has 1 aliphatic rings. The molecule has 0 aromatic heterocycles. The van der Waals surface area contributed by atoms with Crippen molar-refractivity contribution in [2.75, 3.05) is 5.75 Å². The Morgan fingerprint density at radius 2 is 2.00 bits per heavy atom. The average molecular weight is 269 g/mol. The molecule has 92 valence electrons. The number of thioether (sulfide) groups is 1. The summed E-state index contributed by atoms with van der Waals surface area (Å²) in [7, 11) is 0. The van der Waals surface area contributed by atoms with E-state index < -0.39 is 0 Å². The summed E-state index contributed by atoms with van der Waals surface area (Å²) in [5.41, 5.74) is 0.950. The number of Topliss-reactive ketones (excluding diaryl/α,β-unsaturated/α-hetero) is 1. The van der Waals surface area contributed by atoms with Crippen molar-refractivity contribution in [2.24, 2.45) is 0 Å². The molecular formula is C14H17ClOS. The molecule has 1 aromatic rings. The van der Waals surface area contributed by atoms with Crippen LogP contribution in [0, 0.1) is 0 Å². The van der Waals surface area contributed by atoms with Crippen molar-refractivity contribution >= 4 is 29.1 Å². The molecule has 1 aliphatic carbocycles. The topological polar surface area (TPSA) is 17.1 Å². The lowest BCUT2D eigenvalue weighted by molar-refractivity contribution is -0.116. The zero-order chi connectivity index (χ0) is 12.1. The fraction of sp³-hybridized carbons (Fsp3) is 0.500. The molecule has 17 heavy (non-hydrogen) atoms. The molecule has 2 rings (SSSR count). The number of hydrogen-bond donors (Lipinski definition) is 0. The molecule has 0 heterocycles. The second-order valence-corrected chi connectivity index (χ2v) is 6.22. The first kappa shape index (κ1) is 13.0. The monoisotopic (exact) mass is 268 g/mol. The maximum atomic E-state index is 11.8. The maximum Gasteiger partial charge on any atom is 0.147 e. The second-order valence-electron chi connectivity index (χ2n) is 4.52. The lowest BCUT2D eigenvalue weighted by Crippen LogP contribution is -2.09. The summed E-state index contributed by atoms with van der Waals surface area (Å²) in [6.07, 6.45) is 5.69. The SMILES string of the molecule is O=C(CSC1CCCC1)Cc1ccccc1Cl. The standard InChI is InChI=1S/C14H17ClOS/c15-14-8-4-1-5-11(14)9-12(16)10-17-13-6-2-3-7-13/h1,4-5,8,13H,2-3,6-7,9-10H2. The van der Waals surface area contributed by atoms with E-state index in [2.05, 4.69) is 0 Å². The van der Waals surface area contributed by atoms with Gasteiger partial charge in [-0.05, 0) is 24.5 Å². The van der Waals surface area contributed by atoms with Crippen molar-refractivity contribution in [3.63, 3.8) is 0 Å². The van der Waals surface area contributed by atoms with Gasteiger partial charge in [0.25, 0.3) is 0 Å². The number of benzene rings is 1. The molecule has 0 bridgehead atoms. The maximum absolute atomic E-state index is 11.8. The van der Waals surface area contributed by atoms with Crippen LogP contribution in [0.15, 0.2) is 24.3 Å². The number of ketones is 1. The van der Waals surface area contributed by atoms with Crippen LogP contribution < -0.4 is 0 Å². The molecule has 3 heteroatoms. The summed E-state index contributed by atoms with van der Waals surface area (Å²) in [5, 5.41) is 1.41. The van der Waals surface area contributed by atoms with Gasteiger partial charge < -0.3 is 0 Å². The van der Waals surface area contributed by atoms with E-state index in [1.807, 2.05) is 36.0 Å². The lowest BCUT2D eigenvalue weighted by Gasteiger charge is -2.08. The highest BCUT2D eigenvalue weighted by Crippen LogP contribution is 2.29. The van der Waals surface area contributed by atoms with Gasteiger partial charge in [-0.1, -0.05) is 42.6 Å². The molecule has 1 fully saturated rings. The van der Waals surface area contributed by atoms with Crippen molar-refractivity contribution in [3.8, 4) is 0 Å². The van der Waals surface area contributed by atoms with Crippen molar-refractivity contribution in [1.29, 1.82) is 0 Å². The molecule has 0 radical (unpaired) electrons. The van der Waals surface area contributed by atoms with Crippen LogP contribution in [0.1, 0.15) is 31.2 Å². The molecular weight excluding hydrogens is 252 g/mol. The average Bonchev–Trinajstić information content (AvgIpc) is 2.82. The molecule has 1 aromatic carbocycles. The van der Waals surface area contributed by atoms with E-state index in [-0.39, 0.29) is 5.78 Å². The van der Waals surface area contributed by atoms with E-state index in [1.54, 1.807) is 0 Å². The Labute approximate surface area is 112 Å². The van der Waals surface area contributed by atoms with E-state index in [4.69, 9.17) is 11.6 Å². The molecule has 0 spiro atoms. The van der Waals surface area contributed by atoms with Crippen LogP contribution in [0.5, 0.6) is 0 Å². The first-order valence-electron chi connectivity index (χ1n) is 6.12. The van der Waals surface area contributed by atoms with E-state index in [0.717, 1.165) is 5.56 Å². The molecule has 1 saturated carbocycles. The van der Waals surface area contributed by atoms with Crippen molar-refractivity contribution in [3.05, 3.63) is 34.9 Å². The summed E-state index contributed by atoms with van der Waals surface area (Å²) in [5.74, 6) is 0.922. The third kappa shape index (κ3) is 4.04. The van der Waals surface area contributed by atoms with Gasteiger partial charge in [0.2, 0.25) is 0 Å². The van der Waals surface area contributed by atoms with Crippen LogP contribution in [-0.4, -0.2) is 16.8 Å². The van der Waals surface area contributed by atoms with Crippen molar-refractivity contribution in [1.82, 2.24) is 0 Å². The number of halogens is 1. The Kier molecular flexibility index (Phi) is 4.93. The highest BCUT2D eigenvalue weighted by molar-refractivity contribution is 8.00. The van der Waals surface area contributed by atoms with Gasteiger partial charge in [-0.25, -0.2) is 0 Å². The van der Waals surface area contributed by atoms with Crippen LogP contribution >= 0.6 is 23.4 Å². The first-order chi connectivity index (χ1) is 8.25. The molecule has 0 amide bonds. The van der Waals surface area contributed by atoms with Gasteiger partial charge in [-0.15, -0.1) is 0 Å². The Balaban J connectivity index is 1.79. The lowest BCUT2D eigenvalue weighted by atomic mass is 10.1. The smallest absolute Gasteiger partial charge is 0.147 e. The highest BCUT2D eigenvalue weighted by atomic mass is 35.5. The Hall–Kier alpha value is -0.470. The minimum atomic E-state index is 0.287. The van der Waals surface area contributed by atoms with Crippen LogP contribution in [0.4, 0.5) is 0 Å². The minimum Gasteiger partial charge on any atom is -0.298 e. The normalized spacial score (nSPS) is 16.3. The Bertz CT molecular complexity index is 386. The summed E-state index contributed by atoms with van der Waals surface area (Å²) in [6.45, 7) is 0. The first-order valence-corrected chi connectivity index (χ1v) is 7.55. The van der Waals surface area contributed by atoms with E-state index in [9.17, 15) is 4.79 Å². The van der Waals surface area contributed by atoms with Gasteiger partial charge in [0, 0.05) is 16.7 Å².